The van der Waals surface area contributed by atoms with Crippen LogP contribution in [-0.4, -0.2) is 11.0 Å². The van der Waals surface area contributed by atoms with E-state index in [1.54, 1.807) is 6.20 Å². The molecule has 1 aromatic heterocycles. The van der Waals surface area contributed by atoms with E-state index in [0.29, 0.717) is 11.2 Å². The van der Waals surface area contributed by atoms with Gasteiger partial charge in [0.2, 0.25) is 0 Å². The Morgan fingerprint density at radius 2 is 2.40 bits per heavy atom. The van der Waals surface area contributed by atoms with Crippen molar-refractivity contribution in [2.45, 2.75) is 38.6 Å². The molecule has 0 amide bonds. The lowest BCUT2D eigenvalue weighted by Gasteiger charge is -2.17. The molecular formula is C12H17ClN2. The fourth-order valence-electron chi connectivity index (χ4n) is 1.81. The summed E-state index contributed by atoms with van der Waals surface area (Å²) in [5, 5.41) is 4.07. The molecule has 1 atom stereocenters. The Kier molecular flexibility index (Phi) is 3.47. The summed E-state index contributed by atoms with van der Waals surface area (Å²) < 4.78 is 0. The average Bonchev–Trinajstić information content (AvgIpc) is 3.01. The van der Waals surface area contributed by atoms with E-state index in [0.717, 1.165) is 18.0 Å². The number of halogens is 1. The zero-order valence-corrected chi connectivity index (χ0v) is 9.80. The summed E-state index contributed by atoms with van der Waals surface area (Å²) in [6.45, 7) is 2.23. The first-order chi connectivity index (χ1) is 7.28. The normalized spacial score (nSPS) is 17.5. The number of aromatic nitrogens is 1. The predicted molar refractivity (Wildman–Crippen MR) is 64.3 cm³/mol. The Morgan fingerprint density at radius 1 is 1.60 bits per heavy atom. The van der Waals surface area contributed by atoms with Crippen LogP contribution in [0, 0.1) is 5.92 Å². The van der Waals surface area contributed by atoms with Crippen molar-refractivity contribution in [3.63, 3.8) is 0 Å². The molecule has 1 saturated carbocycles. The van der Waals surface area contributed by atoms with E-state index in [4.69, 9.17) is 11.6 Å². The molecule has 15 heavy (non-hydrogen) atoms. The van der Waals surface area contributed by atoms with Gasteiger partial charge in [0.1, 0.15) is 5.15 Å². The zero-order valence-electron chi connectivity index (χ0n) is 9.04. The first-order valence-electron chi connectivity index (χ1n) is 5.66. The molecule has 1 heterocycles. The number of hydrogen-bond acceptors (Lipinski definition) is 2. The zero-order chi connectivity index (χ0) is 10.7. The molecule has 0 aromatic carbocycles. The van der Waals surface area contributed by atoms with Gasteiger partial charge in [-0.2, -0.15) is 0 Å². The third-order valence-electron chi connectivity index (χ3n) is 2.90. The van der Waals surface area contributed by atoms with Crippen LogP contribution in [0.15, 0.2) is 18.3 Å². The maximum absolute atomic E-state index is 5.84. The van der Waals surface area contributed by atoms with Gasteiger partial charge in [-0.15, -0.1) is 0 Å². The van der Waals surface area contributed by atoms with Gasteiger partial charge < -0.3 is 5.32 Å². The molecule has 1 aliphatic rings. The number of pyridine rings is 1. The SMILES string of the molecule is CCC(CC1CC1)Nc1ccnc(Cl)c1. The minimum Gasteiger partial charge on any atom is -0.382 e. The quantitative estimate of drug-likeness (QED) is 0.771. The maximum Gasteiger partial charge on any atom is 0.131 e. The highest BCUT2D eigenvalue weighted by molar-refractivity contribution is 6.29. The van der Waals surface area contributed by atoms with Gasteiger partial charge in [-0.1, -0.05) is 31.4 Å². The van der Waals surface area contributed by atoms with E-state index in [2.05, 4.69) is 17.2 Å². The topological polar surface area (TPSA) is 24.9 Å². The van der Waals surface area contributed by atoms with Crippen LogP contribution < -0.4 is 5.32 Å². The highest BCUT2D eigenvalue weighted by atomic mass is 35.5. The molecule has 82 valence electrons. The summed E-state index contributed by atoms with van der Waals surface area (Å²) in [6, 6.07) is 4.44. The van der Waals surface area contributed by atoms with Gasteiger partial charge in [0.05, 0.1) is 0 Å². The molecular weight excluding hydrogens is 208 g/mol. The minimum absolute atomic E-state index is 0.557. The van der Waals surface area contributed by atoms with Crippen molar-refractivity contribution in [1.82, 2.24) is 4.98 Å². The smallest absolute Gasteiger partial charge is 0.131 e. The van der Waals surface area contributed by atoms with Crippen molar-refractivity contribution in [3.05, 3.63) is 23.5 Å². The summed E-state index contributed by atoms with van der Waals surface area (Å²) in [5.74, 6) is 0.958. The van der Waals surface area contributed by atoms with Gasteiger partial charge in [0.15, 0.2) is 0 Å². The van der Waals surface area contributed by atoms with Gasteiger partial charge in [-0.3, -0.25) is 0 Å². The summed E-state index contributed by atoms with van der Waals surface area (Å²) in [6.07, 6.45) is 7.02. The van der Waals surface area contributed by atoms with Crippen LogP contribution >= 0.6 is 11.6 Å². The van der Waals surface area contributed by atoms with E-state index in [-0.39, 0.29) is 0 Å². The monoisotopic (exact) mass is 224 g/mol. The van der Waals surface area contributed by atoms with Crippen LogP contribution in [0.25, 0.3) is 0 Å². The fraction of sp³-hybridized carbons (Fsp3) is 0.583. The Hall–Kier alpha value is -0.760. The van der Waals surface area contributed by atoms with E-state index in [9.17, 15) is 0 Å². The second kappa shape index (κ2) is 4.84. The molecule has 1 aliphatic carbocycles. The third kappa shape index (κ3) is 3.38. The molecule has 2 rings (SSSR count). The van der Waals surface area contributed by atoms with Gasteiger partial charge in [-0.05, 0) is 30.9 Å². The van der Waals surface area contributed by atoms with Crippen molar-refractivity contribution in [2.75, 3.05) is 5.32 Å². The van der Waals surface area contributed by atoms with Crippen LogP contribution in [0.2, 0.25) is 5.15 Å². The van der Waals surface area contributed by atoms with Crippen molar-refractivity contribution in [3.8, 4) is 0 Å². The standard InChI is InChI=1S/C12H17ClN2/c1-2-10(7-9-3-4-9)15-11-5-6-14-12(13)8-11/h5-6,8-10H,2-4,7H2,1H3,(H,14,15). The average molecular weight is 225 g/mol. The van der Waals surface area contributed by atoms with Crippen LogP contribution in [-0.2, 0) is 0 Å². The van der Waals surface area contributed by atoms with Crippen LogP contribution in [0.4, 0.5) is 5.69 Å². The Labute approximate surface area is 96.1 Å². The van der Waals surface area contributed by atoms with Gasteiger partial charge in [0, 0.05) is 17.9 Å². The molecule has 0 saturated heterocycles. The van der Waals surface area contributed by atoms with Crippen molar-refractivity contribution >= 4 is 17.3 Å². The highest BCUT2D eigenvalue weighted by Crippen LogP contribution is 2.34. The third-order valence-corrected chi connectivity index (χ3v) is 3.11. The van der Waals surface area contributed by atoms with Crippen LogP contribution in [0.5, 0.6) is 0 Å². The molecule has 2 nitrogen and oxygen atoms in total. The largest absolute Gasteiger partial charge is 0.382 e. The van der Waals surface area contributed by atoms with E-state index in [1.165, 1.54) is 19.3 Å². The molecule has 1 unspecified atom stereocenters. The van der Waals surface area contributed by atoms with E-state index in [1.807, 2.05) is 12.1 Å². The second-order valence-electron chi connectivity index (χ2n) is 4.30. The Bertz CT molecular complexity index is 323. The summed E-state index contributed by atoms with van der Waals surface area (Å²) in [5.41, 5.74) is 1.09. The second-order valence-corrected chi connectivity index (χ2v) is 4.68. The predicted octanol–water partition coefficient (Wildman–Crippen LogP) is 3.73. The van der Waals surface area contributed by atoms with Crippen LogP contribution in [0.1, 0.15) is 32.6 Å². The van der Waals surface area contributed by atoms with E-state index < -0.39 is 0 Å². The summed E-state index contributed by atoms with van der Waals surface area (Å²) in [4.78, 5) is 3.97. The van der Waals surface area contributed by atoms with Crippen molar-refractivity contribution < 1.29 is 0 Å². The number of nitrogens with one attached hydrogen (secondary N) is 1. The number of hydrogen-bond donors (Lipinski definition) is 1. The molecule has 0 radical (unpaired) electrons. The number of rotatable bonds is 5. The van der Waals surface area contributed by atoms with Gasteiger partial charge in [-0.25, -0.2) is 4.98 Å². The lowest BCUT2D eigenvalue weighted by atomic mass is 10.1. The molecule has 3 heteroatoms. The summed E-state index contributed by atoms with van der Waals surface area (Å²) >= 11 is 5.84. The molecule has 0 bridgehead atoms. The van der Waals surface area contributed by atoms with E-state index >= 15 is 0 Å². The summed E-state index contributed by atoms with van der Waals surface area (Å²) in [7, 11) is 0. The number of anilines is 1. The van der Waals surface area contributed by atoms with Gasteiger partial charge >= 0.3 is 0 Å². The Balaban J connectivity index is 1.92. The molecule has 0 aliphatic heterocycles. The molecule has 1 N–H and O–H groups in total. The molecule has 0 spiro atoms. The molecule has 1 fully saturated rings. The minimum atomic E-state index is 0.557. The first kappa shape index (κ1) is 10.7. The number of nitrogens with zero attached hydrogens (tertiary/aromatic N) is 1. The molecule has 1 aromatic rings. The van der Waals surface area contributed by atoms with Crippen LogP contribution in [0.3, 0.4) is 0 Å². The highest BCUT2D eigenvalue weighted by Gasteiger charge is 2.24. The van der Waals surface area contributed by atoms with Gasteiger partial charge in [0.25, 0.3) is 0 Å². The lowest BCUT2D eigenvalue weighted by molar-refractivity contribution is 0.587. The fourth-order valence-corrected chi connectivity index (χ4v) is 1.99. The first-order valence-corrected chi connectivity index (χ1v) is 6.04. The maximum atomic E-state index is 5.84. The van der Waals surface area contributed by atoms with Crippen molar-refractivity contribution in [2.24, 2.45) is 5.92 Å². The lowest BCUT2D eigenvalue weighted by Crippen LogP contribution is -2.19. The van der Waals surface area contributed by atoms with Crippen molar-refractivity contribution in [1.29, 1.82) is 0 Å². The Morgan fingerprint density at radius 3 is 3.00 bits per heavy atom.